The summed E-state index contributed by atoms with van der Waals surface area (Å²) in [5.74, 6) is 2.32. The predicted octanol–water partition coefficient (Wildman–Crippen LogP) is 13.9. The zero-order valence-electron chi connectivity index (χ0n) is 34.0. The first-order valence-corrected chi connectivity index (χ1v) is 21.9. The average Bonchev–Trinajstić information content (AvgIpc) is 4.01. The molecule has 3 nitrogen and oxygen atoms in total. The Morgan fingerprint density at radius 2 is 1.43 bits per heavy atom. The van der Waals surface area contributed by atoms with Crippen LogP contribution in [0.2, 0.25) is 0 Å². The fourth-order valence-corrected chi connectivity index (χ4v) is 12.2. The quantitative estimate of drug-likeness (QED) is 0.177. The maximum atomic E-state index is 6.93. The number of rotatable bonds is 4. The molecule has 6 atom stereocenters. The van der Waals surface area contributed by atoms with Crippen LogP contribution in [0.5, 0.6) is 5.75 Å². The number of ether oxygens (including phenoxy) is 1. The van der Waals surface area contributed by atoms with Gasteiger partial charge in [-0.3, -0.25) is 0 Å². The lowest BCUT2D eigenvalue weighted by Crippen LogP contribution is -2.30. The highest BCUT2D eigenvalue weighted by Crippen LogP contribution is 2.56. The minimum Gasteiger partial charge on any atom is -0.484 e. The molecule has 0 radical (unpaired) electrons. The minimum absolute atomic E-state index is 0.00160. The minimum atomic E-state index is -0.00160. The third-order valence-electron chi connectivity index (χ3n) is 14.9. The molecule has 1 aromatic heterocycles. The van der Waals surface area contributed by atoms with Crippen molar-refractivity contribution in [3.05, 3.63) is 215 Å². The molecule has 3 heteroatoms. The number of benzene rings is 6. The summed E-state index contributed by atoms with van der Waals surface area (Å²) in [5.41, 5.74) is 17.2. The number of para-hydroxylation sites is 3. The summed E-state index contributed by atoms with van der Waals surface area (Å²) in [5, 5.41) is 2.69. The van der Waals surface area contributed by atoms with Crippen molar-refractivity contribution in [2.75, 3.05) is 4.90 Å². The summed E-state index contributed by atoms with van der Waals surface area (Å²) < 4.78 is 9.48. The molecule has 13 rings (SSSR count). The van der Waals surface area contributed by atoms with E-state index in [0.29, 0.717) is 17.8 Å². The molecule has 2 aliphatic heterocycles. The van der Waals surface area contributed by atoms with Gasteiger partial charge in [0.1, 0.15) is 11.9 Å². The van der Waals surface area contributed by atoms with Crippen LogP contribution < -0.4 is 9.64 Å². The second-order valence-electron chi connectivity index (χ2n) is 18.3. The molecular formula is C57H46N2O. The van der Waals surface area contributed by atoms with Crippen LogP contribution >= 0.6 is 0 Å². The summed E-state index contributed by atoms with van der Waals surface area (Å²) in [7, 11) is 0. The Labute approximate surface area is 351 Å². The standard InChI is InChI=1S/C57H46N2O/c1-57(2)48-22-10-6-17-40(48)41-29-27-35(31-49(41)57)46-33-38(34-47-44-19-9-13-26-54(44)60-56(46)47)59-51-24-12-8-20-45(51)55-39(21-14-25-52(55)59)36-28-30-43-42-18-7-11-23-50(42)58(53(43)32-36)37-15-4-3-5-16-37/h3-27,29-31,33-34,36,41,44,49,53-54H,28,32H2,1-2H3. The molecule has 0 bridgehead atoms. The van der Waals surface area contributed by atoms with Gasteiger partial charge in [-0.15, -0.1) is 0 Å². The molecule has 3 heterocycles. The summed E-state index contributed by atoms with van der Waals surface area (Å²) in [6, 6.07) is 50.3. The van der Waals surface area contributed by atoms with Gasteiger partial charge < -0.3 is 14.2 Å². The van der Waals surface area contributed by atoms with Crippen LogP contribution in [0.1, 0.15) is 77.8 Å². The second-order valence-corrected chi connectivity index (χ2v) is 18.3. The van der Waals surface area contributed by atoms with Gasteiger partial charge in [-0.1, -0.05) is 147 Å². The molecule has 4 aliphatic carbocycles. The first-order chi connectivity index (χ1) is 29.5. The van der Waals surface area contributed by atoms with E-state index in [9.17, 15) is 0 Å². The second kappa shape index (κ2) is 12.7. The molecule has 0 fully saturated rings. The van der Waals surface area contributed by atoms with Crippen LogP contribution in [0.3, 0.4) is 0 Å². The summed E-state index contributed by atoms with van der Waals surface area (Å²) >= 11 is 0. The van der Waals surface area contributed by atoms with E-state index in [1.165, 1.54) is 83.4 Å². The Kier molecular flexibility index (Phi) is 7.27. The summed E-state index contributed by atoms with van der Waals surface area (Å²) in [4.78, 5) is 2.59. The molecule has 7 aromatic rings. The maximum absolute atomic E-state index is 6.93. The van der Waals surface area contributed by atoms with Crippen LogP contribution in [-0.4, -0.2) is 16.7 Å². The first kappa shape index (κ1) is 34.3. The summed E-state index contributed by atoms with van der Waals surface area (Å²) in [6.45, 7) is 4.85. The van der Waals surface area contributed by atoms with Gasteiger partial charge in [0.15, 0.2) is 0 Å². The van der Waals surface area contributed by atoms with Gasteiger partial charge in [0.25, 0.3) is 0 Å². The molecule has 6 aromatic carbocycles. The fourth-order valence-electron chi connectivity index (χ4n) is 12.2. The Balaban J connectivity index is 0.968. The monoisotopic (exact) mass is 774 g/mol. The third-order valence-corrected chi connectivity index (χ3v) is 14.9. The lowest BCUT2D eigenvalue weighted by Gasteiger charge is -2.34. The number of hydrogen-bond acceptors (Lipinski definition) is 2. The van der Waals surface area contributed by atoms with Crippen LogP contribution in [0.15, 0.2) is 182 Å². The molecule has 6 unspecified atom stereocenters. The number of nitrogens with zero attached hydrogens (tertiary/aromatic N) is 2. The SMILES string of the molecule is CC1(C)c2ccccc2C2C=CC(c3cc(-n4c5ccccc5c5c(C6CC=C7c8ccccc8N(c8ccccc8)C7C6)cccc54)cc4c3OC3C=CC=CC43)=CC21. The Morgan fingerprint density at radius 1 is 0.650 bits per heavy atom. The van der Waals surface area contributed by atoms with Crippen molar-refractivity contribution in [1.82, 2.24) is 4.57 Å². The maximum Gasteiger partial charge on any atom is 0.132 e. The van der Waals surface area contributed by atoms with E-state index >= 15 is 0 Å². The summed E-state index contributed by atoms with van der Waals surface area (Å²) in [6.07, 6.45) is 20.9. The molecule has 0 spiro atoms. The van der Waals surface area contributed by atoms with Crippen molar-refractivity contribution < 1.29 is 4.74 Å². The van der Waals surface area contributed by atoms with E-state index in [4.69, 9.17) is 4.74 Å². The van der Waals surface area contributed by atoms with E-state index in [2.05, 4.69) is 205 Å². The molecule has 0 N–H and O–H groups in total. The van der Waals surface area contributed by atoms with Crippen molar-refractivity contribution in [2.45, 2.75) is 62.0 Å². The lowest BCUT2D eigenvalue weighted by atomic mass is 9.72. The van der Waals surface area contributed by atoms with Gasteiger partial charge in [-0.05, 0) is 106 Å². The molecule has 0 saturated carbocycles. The molecular weight excluding hydrogens is 729 g/mol. The highest BCUT2D eigenvalue weighted by Gasteiger charge is 2.46. The Bertz CT molecular complexity index is 3100. The van der Waals surface area contributed by atoms with Gasteiger partial charge >= 0.3 is 0 Å². The number of hydrogen-bond donors (Lipinski definition) is 0. The van der Waals surface area contributed by atoms with Crippen molar-refractivity contribution >= 4 is 44.3 Å². The van der Waals surface area contributed by atoms with Gasteiger partial charge in [0.05, 0.1) is 17.1 Å². The molecule has 6 aliphatic rings. The van der Waals surface area contributed by atoms with Gasteiger partial charge in [-0.25, -0.2) is 0 Å². The van der Waals surface area contributed by atoms with Crippen LogP contribution in [0.4, 0.5) is 11.4 Å². The smallest absolute Gasteiger partial charge is 0.132 e. The largest absolute Gasteiger partial charge is 0.484 e. The molecule has 0 saturated heterocycles. The van der Waals surface area contributed by atoms with E-state index in [1.807, 2.05) is 0 Å². The molecule has 0 amide bonds. The number of fused-ring (bicyclic) bond motifs is 12. The van der Waals surface area contributed by atoms with Gasteiger partial charge in [-0.2, -0.15) is 0 Å². The highest BCUT2D eigenvalue weighted by atomic mass is 16.5. The third kappa shape index (κ3) is 4.78. The first-order valence-electron chi connectivity index (χ1n) is 21.9. The van der Waals surface area contributed by atoms with Crippen molar-refractivity contribution in [1.29, 1.82) is 0 Å². The van der Waals surface area contributed by atoms with Crippen LogP contribution in [0.25, 0.3) is 38.6 Å². The topological polar surface area (TPSA) is 17.4 Å². The highest BCUT2D eigenvalue weighted by molar-refractivity contribution is 6.11. The van der Waals surface area contributed by atoms with Crippen LogP contribution in [0, 0.1) is 5.92 Å². The van der Waals surface area contributed by atoms with Crippen molar-refractivity contribution in [3.63, 3.8) is 0 Å². The normalized spacial score (nSPS) is 24.9. The zero-order valence-corrected chi connectivity index (χ0v) is 34.0. The average molecular weight is 775 g/mol. The molecule has 60 heavy (non-hydrogen) atoms. The zero-order chi connectivity index (χ0) is 39.7. The van der Waals surface area contributed by atoms with Crippen LogP contribution in [-0.2, 0) is 5.41 Å². The van der Waals surface area contributed by atoms with Gasteiger partial charge in [0.2, 0.25) is 0 Å². The number of anilines is 2. The number of aromatic nitrogens is 1. The fraction of sp³-hybridized carbons (Fsp3) is 0.193. The lowest BCUT2D eigenvalue weighted by molar-refractivity contribution is 0.268. The van der Waals surface area contributed by atoms with E-state index in [1.54, 1.807) is 0 Å². The van der Waals surface area contributed by atoms with E-state index in [0.717, 1.165) is 18.6 Å². The Morgan fingerprint density at radius 3 is 2.37 bits per heavy atom. The molecule has 290 valence electrons. The van der Waals surface area contributed by atoms with Gasteiger partial charge in [0, 0.05) is 56.4 Å². The number of allylic oxidation sites excluding steroid dienone is 7. The van der Waals surface area contributed by atoms with E-state index in [-0.39, 0.29) is 23.5 Å². The van der Waals surface area contributed by atoms with Crippen molar-refractivity contribution in [3.8, 4) is 11.4 Å². The predicted molar refractivity (Wildman–Crippen MR) is 248 cm³/mol. The Hall–Kier alpha value is -6.58. The van der Waals surface area contributed by atoms with Crippen molar-refractivity contribution in [2.24, 2.45) is 5.92 Å². The van der Waals surface area contributed by atoms with E-state index < -0.39 is 0 Å².